The molecule has 3 heterocycles. The lowest BCUT2D eigenvalue weighted by atomic mass is 10.0. The van der Waals surface area contributed by atoms with E-state index in [1.54, 1.807) is 11.3 Å². The Morgan fingerprint density at radius 3 is 2.75 bits per heavy atom. The van der Waals surface area contributed by atoms with Gasteiger partial charge in [0.05, 0.1) is 5.69 Å². The fraction of sp³-hybridized carbons (Fsp3) is 0.368. The zero-order valence-corrected chi connectivity index (χ0v) is 14.9. The van der Waals surface area contributed by atoms with Crippen LogP contribution in [-0.4, -0.2) is 27.6 Å². The minimum Gasteiger partial charge on any atom is -0.347 e. The van der Waals surface area contributed by atoms with E-state index < -0.39 is 0 Å². The minimum absolute atomic E-state index is 0.476. The van der Waals surface area contributed by atoms with Crippen LogP contribution in [0.5, 0.6) is 0 Å². The molecule has 5 heteroatoms. The van der Waals surface area contributed by atoms with Gasteiger partial charge >= 0.3 is 0 Å². The average molecular weight is 338 g/mol. The van der Waals surface area contributed by atoms with Crippen LogP contribution < -0.4 is 4.90 Å². The molecule has 1 fully saturated rings. The van der Waals surface area contributed by atoms with Crippen LogP contribution in [0.2, 0.25) is 0 Å². The van der Waals surface area contributed by atoms with Gasteiger partial charge in [0.25, 0.3) is 0 Å². The van der Waals surface area contributed by atoms with Gasteiger partial charge in [-0.25, -0.2) is 9.97 Å². The van der Waals surface area contributed by atoms with Crippen molar-refractivity contribution in [2.45, 2.75) is 26.3 Å². The van der Waals surface area contributed by atoms with Crippen molar-refractivity contribution in [3.63, 3.8) is 0 Å². The lowest BCUT2D eigenvalue weighted by Gasteiger charge is -2.39. The van der Waals surface area contributed by atoms with Crippen molar-refractivity contribution in [3.05, 3.63) is 53.9 Å². The molecule has 124 valence electrons. The van der Waals surface area contributed by atoms with E-state index >= 15 is 0 Å². The third kappa shape index (κ3) is 2.96. The molecule has 1 aromatic carbocycles. The highest BCUT2D eigenvalue weighted by atomic mass is 32.1. The van der Waals surface area contributed by atoms with Crippen molar-refractivity contribution in [3.8, 4) is 11.3 Å². The SMILES string of the molecule is CC(C)c1nccn1CC1CN(c2nc(-c3ccccc3)cs2)C1. The summed E-state index contributed by atoms with van der Waals surface area (Å²) in [5, 5.41) is 3.30. The Hall–Kier alpha value is -2.14. The summed E-state index contributed by atoms with van der Waals surface area (Å²) in [5.74, 6) is 2.35. The highest BCUT2D eigenvalue weighted by Gasteiger charge is 2.29. The molecule has 0 bridgehead atoms. The van der Waals surface area contributed by atoms with E-state index in [9.17, 15) is 0 Å². The van der Waals surface area contributed by atoms with Gasteiger partial charge < -0.3 is 9.47 Å². The normalized spacial score (nSPS) is 15.0. The zero-order chi connectivity index (χ0) is 16.5. The van der Waals surface area contributed by atoms with E-state index in [0.29, 0.717) is 11.8 Å². The largest absolute Gasteiger partial charge is 0.347 e. The Morgan fingerprint density at radius 2 is 2.00 bits per heavy atom. The maximum absolute atomic E-state index is 4.81. The predicted octanol–water partition coefficient (Wildman–Crippen LogP) is 4.27. The highest BCUT2D eigenvalue weighted by molar-refractivity contribution is 7.14. The van der Waals surface area contributed by atoms with Crippen molar-refractivity contribution in [2.75, 3.05) is 18.0 Å². The first-order valence-electron chi connectivity index (χ1n) is 8.47. The highest BCUT2D eigenvalue weighted by Crippen LogP contribution is 2.32. The van der Waals surface area contributed by atoms with Crippen molar-refractivity contribution >= 4 is 16.5 Å². The molecule has 0 aliphatic carbocycles. The number of thiazole rings is 1. The fourth-order valence-electron chi connectivity index (χ4n) is 3.25. The molecule has 1 aliphatic rings. The maximum atomic E-state index is 4.81. The zero-order valence-electron chi connectivity index (χ0n) is 14.1. The van der Waals surface area contributed by atoms with Crippen LogP contribution in [0.25, 0.3) is 11.3 Å². The number of benzene rings is 1. The molecule has 2 aromatic heterocycles. The second-order valence-corrected chi connectivity index (χ2v) is 7.58. The van der Waals surface area contributed by atoms with Crippen LogP contribution in [0, 0.1) is 5.92 Å². The third-order valence-electron chi connectivity index (χ3n) is 4.51. The second-order valence-electron chi connectivity index (χ2n) is 6.74. The van der Waals surface area contributed by atoms with Crippen LogP contribution in [0.1, 0.15) is 25.6 Å². The molecule has 0 saturated carbocycles. The quantitative estimate of drug-likeness (QED) is 0.697. The van der Waals surface area contributed by atoms with E-state index in [2.05, 4.69) is 64.1 Å². The number of anilines is 1. The molecular weight excluding hydrogens is 316 g/mol. The van der Waals surface area contributed by atoms with Gasteiger partial charge in [0.1, 0.15) is 5.82 Å². The number of nitrogens with zero attached hydrogens (tertiary/aromatic N) is 4. The fourth-order valence-corrected chi connectivity index (χ4v) is 4.10. The molecule has 24 heavy (non-hydrogen) atoms. The van der Waals surface area contributed by atoms with Crippen LogP contribution in [0.4, 0.5) is 5.13 Å². The molecule has 0 radical (unpaired) electrons. The van der Waals surface area contributed by atoms with Crippen molar-refractivity contribution < 1.29 is 0 Å². The van der Waals surface area contributed by atoms with E-state index in [4.69, 9.17) is 4.98 Å². The Kier molecular flexibility index (Phi) is 4.10. The summed E-state index contributed by atoms with van der Waals surface area (Å²) in [6, 6.07) is 10.4. The summed E-state index contributed by atoms with van der Waals surface area (Å²) in [7, 11) is 0. The van der Waals surface area contributed by atoms with Crippen LogP contribution in [0.15, 0.2) is 48.1 Å². The van der Waals surface area contributed by atoms with Gasteiger partial charge in [-0.1, -0.05) is 44.2 Å². The molecule has 3 aromatic rings. The number of hydrogen-bond acceptors (Lipinski definition) is 4. The molecule has 0 unspecified atom stereocenters. The first-order valence-corrected chi connectivity index (χ1v) is 9.35. The van der Waals surface area contributed by atoms with Gasteiger partial charge in [-0.05, 0) is 0 Å². The minimum atomic E-state index is 0.476. The van der Waals surface area contributed by atoms with Crippen LogP contribution in [0.3, 0.4) is 0 Å². The first-order chi connectivity index (χ1) is 11.7. The van der Waals surface area contributed by atoms with Gasteiger partial charge in [0.2, 0.25) is 0 Å². The molecule has 1 aliphatic heterocycles. The Labute approximate surface area is 146 Å². The lowest BCUT2D eigenvalue weighted by molar-refractivity contribution is 0.350. The topological polar surface area (TPSA) is 34.0 Å². The molecule has 0 N–H and O–H groups in total. The van der Waals surface area contributed by atoms with Gasteiger partial charge in [-0.2, -0.15) is 0 Å². The van der Waals surface area contributed by atoms with Crippen LogP contribution >= 0.6 is 11.3 Å². The monoisotopic (exact) mass is 338 g/mol. The van der Waals surface area contributed by atoms with Crippen molar-refractivity contribution in [2.24, 2.45) is 5.92 Å². The molecule has 4 rings (SSSR count). The molecule has 0 amide bonds. The van der Waals surface area contributed by atoms with Gasteiger partial charge in [0.15, 0.2) is 5.13 Å². The van der Waals surface area contributed by atoms with E-state index in [0.717, 1.165) is 30.5 Å². The summed E-state index contributed by atoms with van der Waals surface area (Å²) in [6.45, 7) is 7.62. The predicted molar refractivity (Wildman–Crippen MR) is 99.6 cm³/mol. The van der Waals surface area contributed by atoms with Gasteiger partial charge in [-0.15, -0.1) is 11.3 Å². The molecule has 0 spiro atoms. The van der Waals surface area contributed by atoms with E-state index in [-0.39, 0.29) is 0 Å². The smallest absolute Gasteiger partial charge is 0.185 e. The average Bonchev–Trinajstić information content (AvgIpc) is 3.20. The second kappa shape index (κ2) is 6.40. The van der Waals surface area contributed by atoms with Crippen molar-refractivity contribution in [1.29, 1.82) is 0 Å². The maximum Gasteiger partial charge on any atom is 0.185 e. The van der Waals surface area contributed by atoms with E-state index in [1.807, 2.05) is 12.3 Å². The Bertz CT molecular complexity index is 800. The Balaban J connectivity index is 1.38. The number of hydrogen-bond donors (Lipinski definition) is 0. The standard InChI is InChI=1S/C19H22N4S/c1-14(2)18-20-8-9-22(18)10-15-11-23(12-15)19-21-17(13-24-19)16-6-4-3-5-7-16/h3-9,13-15H,10-12H2,1-2H3. The van der Waals surface area contributed by atoms with Gasteiger partial charge in [0, 0.05) is 54.8 Å². The summed E-state index contributed by atoms with van der Waals surface area (Å²) in [6.07, 6.45) is 4.02. The van der Waals surface area contributed by atoms with Gasteiger partial charge in [-0.3, -0.25) is 0 Å². The number of aromatic nitrogens is 3. The summed E-state index contributed by atoms with van der Waals surface area (Å²) in [5.41, 5.74) is 2.27. The van der Waals surface area contributed by atoms with E-state index in [1.165, 1.54) is 11.4 Å². The summed E-state index contributed by atoms with van der Waals surface area (Å²) in [4.78, 5) is 11.7. The number of imidazole rings is 1. The molecule has 4 nitrogen and oxygen atoms in total. The molecular formula is C19H22N4S. The summed E-state index contributed by atoms with van der Waals surface area (Å²) < 4.78 is 2.31. The first kappa shape index (κ1) is 15.4. The molecule has 0 atom stereocenters. The van der Waals surface area contributed by atoms with Crippen molar-refractivity contribution in [1.82, 2.24) is 14.5 Å². The summed E-state index contributed by atoms with van der Waals surface area (Å²) >= 11 is 1.74. The number of rotatable bonds is 5. The van der Waals surface area contributed by atoms with Crippen LogP contribution in [-0.2, 0) is 6.54 Å². The molecule has 1 saturated heterocycles. The Morgan fingerprint density at radius 1 is 1.21 bits per heavy atom. The third-order valence-corrected chi connectivity index (χ3v) is 5.41. The lowest BCUT2D eigenvalue weighted by Crippen LogP contribution is -2.48.